The van der Waals surface area contributed by atoms with Gasteiger partial charge < -0.3 is 5.11 Å². The second-order valence-corrected chi connectivity index (χ2v) is 5.31. The summed E-state index contributed by atoms with van der Waals surface area (Å²) in [5.74, 6) is 6.16. The summed E-state index contributed by atoms with van der Waals surface area (Å²) >= 11 is 1.78. The van der Waals surface area contributed by atoms with Crippen molar-refractivity contribution in [3.05, 3.63) is 21.9 Å². The van der Waals surface area contributed by atoms with E-state index in [1.165, 1.54) is 17.7 Å². The van der Waals surface area contributed by atoms with Gasteiger partial charge in [0.05, 0.1) is 6.61 Å². The summed E-state index contributed by atoms with van der Waals surface area (Å²) in [6.07, 6.45) is 2.94. The molecule has 1 N–H and O–H groups in total. The van der Waals surface area contributed by atoms with E-state index in [1.54, 1.807) is 11.3 Å². The first-order chi connectivity index (χ1) is 8.81. The van der Waals surface area contributed by atoms with Gasteiger partial charge in [-0.25, -0.2) is 0 Å². The van der Waals surface area contributed by atoms with Crippen molar-refractivity contribution in [2.24, 2.45) is 0 Å². The van der Waals surface area contributed by atoms with Crippen molar-refractivity contribution < 1.29 is 5.11 Å². The Hall–Kier alpha value is -0.820. The largest absolute Gasteiger partial charge is 0.395 e. The number of rotatable bonds is 7. The molecule has 0 amide bonds. The summed E-state index contributed by atoms with van der Waals surface area (Å²) in [5.41, 5.74) is 1.13. The van der Waals surface area contributed by atoms with Crippen LogP contribution in [0.15, 0.2) is 11.4 Å². The number of hydrogen-bond donors (Lipinski definition) is 1. The number of nitrogens with zero attached hydrogens (tertiary/aromatic N) is 1. The van der Waals surface area contributed by atoms with E-state index in [4.69, 9.17) is 5.11 Å². The molecule has 0 unspecified atom stereocenters. The van der Waals surface area contributed by atoms with Gasteiger partial charge in [-0.2, -0.15) is 0 Å². The smallest absolute Gasteiger partial charge is 0.0540 e. The predicted molar refractivity (Wildman–Crippen MR) is 78.8 cm³/mol. The van der Waals surface area contributed by atoms with Crippen LogP contribution in [-0.2, 0) is 6.54 Å². The minimum Gasteiger partial charge on any atom is -0.395 e. The molecule has 0 radical (unpaired) electrons. The highest BCUT2D eigenvalue weighted by atomic mass is 32.1. The average molecular weight is 265 g/mol. The molecule has 1 aromatic heterocycles. The maximum atomic E-state index is 8.74. The number of aliphatic hydroxyl groups excluding tert-OH is 1. The molecule has 0 aromatic carbocycles. The Bertz CT molecular complexity index is 383. The maximum absolute atomic E-state index is 8.74. The zero-order valence-corrected chi connectivity index (χ0v) is 12.2. The molecule has 0 spiro atoms. The van der Waals surface area contributed by atoms with Crippen LogP contribution >= 0.6 is 11.3 Å². The summed E-state index contributed by atoms with van der Waals surface area (Å²) < 4.78 is 0. The Morgan fingerprint density at radius 1 is 1.28 bits per heavy atom. The third kappa shape index (κ3) is 5.22. The molecule has 18 heavy (non-hydrogen) atoms. The predicted octanol–water partition coefficient (Wildman–Crippen LogP) is 3.10. The normalized spacial score (nSPS) is 10.4. The minimum atomic E-state index is 0.143. The van der Waals surface area contributed by atoms with Gasteiger partial charge >= 0.3 is 0 Å². The molecule has 2 nitrogen and oxygen atoms in total. The molecule has 1 aromatic rings. The second kappa shape index (κ2) is 9.16. The molecule has 0 saturated heterocycles. The van der Waals surface area contributed by atoms with E-state index < -0.39 is 0 Å². The van der Waals surface area contributed by atoms with Crippen molar-refractivity contribution in [1.82, 2.24) is 4.90 Å². The van der Waals surface area contributed by atoms with Gasteiger partial charge in [0, 0.05) is 23.4 Å². The highest BCUT2D eigenvalue weighted by Crippen LogP contribution is 2.18. The van der Waals surface area contributed by atoms with E-state index in [1.807, 2.05) is 0 Å². The van der Waals surface area contributed by atoms with Crippen molar-refractivity contribution in [2.75, 3.05) is 19.7 Å². The zero-order chi connectivity index (χ0) is 13.2. The van der Waals surface area contributed by atoms with E-state index in [-0.39, 0.29) is 6.61 Å². The Kier molecular flexibility index (Phi) is 7.75. The van der Waals surface area contributed by atoms with Gasteiger partial charge in [0.1, 0.15) is 0 Å². The number of thiophene rings is 1. The lowest BCUT2D eigenvalue weighted by molar-refractivity contribution is 0.268. The topological polar surface area (TPSA) is 23.5 Å². The van der Waals surface area contributed by atoms with Crippen LogP contribution < -0.4 is 0 Å². The molecular weight excluding hydrogens is 242 g/mol. The highest BCUT2D eigenvalue weighted by Gasteiger charge is 2.08. The lowest BCUT2D eigenvalue weighted by atomic mass is 10.2. The van der Waals surface area contributed by atoms with Crippen LogP contribution in [-0.4, -0.2) is 29.7 Å². The minimum absolute atomic E-state index is 0.143. The van der Waals surface area contributed by atoms with Crippen molar-refractivity contribution in [3.63, 3.8) is 0 Å². The number of aliphatic hydroxyl groups is 1. The lowest BCUT2D eigenvalue weighted by Crippen LogP contribution is -2.24. The SMILES string of the molecule is CCCN(CCC)Cc1sccc1C#CCCO. The summed E-state index contributed by atoms with van der Waals surface area (Å²) in [7, 11) is 0. The molecule has 100 valence electrons. The lowest BCUT2D eigenvalue weighted by Gasteiger charge is -2.20. The van der Waals surface area contributed by atoms with E-state index in [0.717, 1.165) is 25.2 Å². The van der Waals surface area contributed by atoms with Gasteiger partial charge in [-0.1, -0.05) is 25.7 Å². The third-order valence-electron chi connectivity index (χ3n) is 2.65. The molecule has 1 heterocycles. The van der Waals surface area contributed by atoms with Gasteiger partial charge in [0.25, 0.3) is 0 Å². The molecule has 0 saturated carbocycles. The quantitative estimate of drug-likeness (QED) is 0.766. The van der Waals surface area contributed by atoms with Gasteiger partial charge in [-0.05, 0) is 37.4 Å². The Morgan fingerprint density at radius 3 is 2.61 bits per heavy atom. The molecular formula is C15H23NOS. The monoisotopic (exact) mass is 265 g/mol. The summed E-state index contributed by atoms with van der Waals surface area (Å²) in [6, 6.07) is 2.08. The Labute approximate surface area is 115 Å². The zero-order valence-electron chi connectivity index (χ0n) is 11.4. The molecule has 0 aliphatic heterocycles. The van der Waals surface area contributed by atoms with Gasteiger partial charge in [0.2, 0.25) is 0 Å². The standard InChI is InChI=1S/C15H23NOS/c1-3-9-16(10-4-2)13-15-14(8-12-18-15)7-5-6-11-17/h8,12,17H,3-4,6,9-11,13H2,1-2H3. The van der Waals surface area contributed by atoms with Gasteiger partial charge in [0.15, 0.2) is 0 Å². The van der Waals surface area contributed by atoms with Crippen molar-refractivity contribution in [1.29, 1.82) is 0 Å². The van der Waals surface area contributed by atoms with Gasteiger partial charge in [-0.15, -0.1) is 11.3 Å². The van der Waals surface area contributed by atoms with Crippen LogP contribution in [0.5, 0.6) is 0 Å². The van der Waals surface area contributed by atoms with Crippen LogP contribution in [0.25, 0.3) is 0 Å². The summed E-state index contributed by atoms with van der Waals surface area (Å²) in [4.78, 5) is 3.84. The Balaban J connectivity index is 2.65. The van der Waals surface area contributed by atoms with E-state index in [0.29, 0.717) is 6.42 Å². The van der Waals surface area contributed by atoms with Crippen LogP contribution in [0.1, 0.15) is 43.6 Å². The first kappa shape index (κ1) is 15.2. The molecule has 1 rings (SSSR count). The summed E-state index contributed by atoms with van der Waals surface area (Å²) in [6.45, 7) is 7.88. The van der Waals surface area contributed by atoms with Crippen molar-refractivity contribution in [3.8, 4) is 11.8 Å². The fourth-order valence-electron chi connectivity index (χ4n) is 1.89. The Morgan fingerprint density at radius 2 is 2.00 bits per heavy atom. The third-order valence-corrected chi connectivity index (χ3v) is 3.56. The van der Waals surface area contributed by atoms with Crippen molar-refractivity contribution >= 4 is 11.3 Å². The average Bonchev–Trinajstić information content (AvgIpc) is 2.78. The van der Waals surface area contributed by atoms with Crippen LogP contribution in [0.3, 0.4) is 0 Å². The first-order valence-corrected chi connectivity index (χ1v) is 7.58. The van der Waals surface area contributed by atoms with E-state index in [9.17, 15) is 0 Å². The van der Waals surface area contributed by atoms with Crippen LogP contribution in [0, 0.1) is 11.8 Å². The van der Waals surface area contributed by atoms with Crippen LogP contribution in [0.2, 0.25) is 0 Å². The molecule has 0 aliphatic rings. The first-order valence-electron chi connectivity index (χ1n) is 6.70. The highest BCUT2D eigenvalue weighted by molar-refractivity contribution is 7.10. The van der Waals surface area contributed by atoms with E-state index >= 15 is 0 Å². The summed E-state index contributed by atoms with van der Waals surface area (Å²) in [5, 5.41) is 10.8. The molecule has 0 bridgehead atoms. The fraction of sp³-hybridized carbons (Fsp3) is 0.600. The van der Waals surface area contributed by atoms with E-state index in [2.05, 4.69) is 42.0 Å². The fourth-order valence-corrected chi connectivity index (χ4v) is 2.77. The molecule has 3 heteroatoms. The maximum Gasteiger partial charge on any atom is 0.0540 e. The molecule has 0 atom stereocenters. The van der Waals surface area contributed by atoms with Crippen LogP contribution in [0.4, 0.5) is 0 Å². The number of hydrogen-bond acceptors (Lipinski definition) is 3. The van der Waals surface area contributed by atoms with Crippen molar-refractivity contribution in [2.45, 2.75) is 39.7 Å². The second-order valence-electron chi connectivity index (χ2n) is 4.31. The molecule has 0 aliphatic carbocycles. The van der Waals surface area contributed by atoms with Gasteiger partial charge in [-0.3, -0.25) is 4.90 Å². The molecule has 0 fully saturated rings.